The molecule has 0 saturated heterocycles. The normalized spacial score (nSPS) is 11.9. The van der Waals surface area contributed by atoms with Crippen molar-refractivity contribution in [2.24, 2.45) is 0 Å². The number of aryl methyl sites for hydroxylation is 2. The van der Waals surface area contributed by atoms with Crippen LogP contribution in [0.2, 0.25) is 5.02 Å². The van der Waals surface area contributed by atoms with E-state index in [4.69, 9.17) is 16.3 Å². The Bertz CT molecular complexity index is 1410. The summed E-state index contributed by atoms with van der Waals surface area (Å²) >= 11 is 6.33. The molecule has 1 N–H and O–H groups in total. The molecule has 202 valence electrons. The minimum absolute atomic E-state index is 0.0210. The predicted molar refractivity (Wildman–Crippen MR) is 149 cm³/mol. The highest BCUT2D eigenvalue weighted by Crippen LogP contribution is 2.32. The van der Waals surface area contributed by atoms with Gasteiger partial charge in [0.1, 0.15) is 18.3 Å². The summed E-state index contributed by atoms with van der Waals surface area (Å²) < 4.78 is 33.9. The van der Waals surface area contributed by atoms with E-state index in [0.717, 1.165) is 21.0 Å². The molecule has 38 heavy (non-hydrogen) atoms. The van der Waals surface area contributed by atoms with Crippen molar-refractivity contribution < 1.29 is 22.7 Å². The molecule has 0 spiro atoms. The van der Waals surface area contributed by atoms with Crippen LogP contribution in [0, 0.1) is 13.8 Å². The minimum atomic E-state index is -4.18. The lowest BCUT2D eigenvalue weighted by atomic mass is 10.1. The maximum Gasteiger partial charge on any atom is 0.264 e. The number of hydrogen-bond donors (Lipinski definition) is 1. The van der Waals surface area contributed by atoms with E-state index in [2.05, 4.69) is 5.32 Å². The summed E-state index contributed by atoms with van der Waals surface area (Å²) in [5, 5.41) is 2.76. The molecule has 0 heterocycles. The fourth-order valence-corrected chi connectivity index (χ4v) is 5.60. The maximum atomic E-state index is 13.8. The van der Waals surface area contributed by atoms with Crippen LogP contribution < -0.4 is 14.4 Å². The van der Waals surface area contributed by atoms with E-state index in [1.54, 1.807) is 19.1 Å². The Labute approximate surface area is 229 Å². The van der Waals surface area contributed by atoms with Crippen molar-refractivity contribution in [1.82, 2.24) is 10.2 Å². The molecule has 10 heteroatoms. The van der Waals surface area contributed by atoms with Crippen molar-refractivity contribution >= 4 is 39.1 Å². The van der Waals surface area contributed by atoms with Crippen molar-refractivity contribution in [2.45, 2.75) is 38.3 Å². The first-order chi connectivity index (χ1) is 18.0. The average Bonchev–Trinajstić information content (AvgIpc) is 2.90. The summed E-state index contributed by atoms with van der Waals surface area (Å²) in [6, 6.07) is 17.5. The van der Waals surface area contributed by atoms with Crippen molar-refractivity contribution in [2.75, 3.05) is 25.0 Å². The van der Waals surface area contributed by atoms with Gasteiger partial charge >= 0.3 is 0 Å². The molecule has 0 aromatic heterocycles. The number of hydrogen-bond acceptors (Lipinski definition) is 5. The molecule has 3 rings (SSSR count). The molecule has 0 aliphatic rings. The Morgan fingerprint density at radius 3 is 2.26 bits per heavy atom. The molecule has 2 amide bonds. The van der Waals surface area contributed by atoms with Crippen LogP contribution in [0.5, 0.6) is 5.75 Å². The second-order valence-corrected chi connectivity index (χ2v) is 11.2. The number of likely N-dealkylation sites (N-methyl/N-ethyl adjacent to an activating group) is 1. The number of benzene rings is 3. The highest BCUT2D eigenvalue weighted by atomic mass is 35.5. The van der Waals surface area contributed by atoms with E-state index < -0.39 is 28.5 Å². The number of ether oxygens (including phenoxy) is 1. The molecular formula is C28H32ClN3O5S. The van der Waals surface area contributed by atoms with Crippen LogP contribution in [-0.2, 0) is 26.2 Å². The van der Waals surface area contributed by atoms with Crippen LogP contribution in [0.1, 0.15) is 23.6 Å². The highest BCUT2D eigenvalue weighted by molar-refractivity contribution is 7.92. The second-order valence-electron chi connectivity index (χ2n) is 8.88. The Morgan fingerprint density at radius 1 is 1.03 bits per heavy atom. The molecule has 3 aromatic carbocycles. The number of amides is 2. The molecule has 8 nitrogen and oxygen atoms in total. The minimum Gasteiger partial charge on any atom is -0.495 e. The number of rotatable bonds is 10. The number of sulfonamides is 1. The number of nitrogens with zero attached hydrogens (tertiary/aromatic N) is 2. The van der Waals surface area contributed by atoms with Crippen molar-refractivity contribution in [3.05, 3.63) is 88.4 Å². The van der Waals surface area contributed by atoms with Crippen LogP contribution >= 0.6 is 11.6 Å². The topological polar surface area (TPSA) is 96.0 Å². The van der Waals surface area contributed by atoms with Gasteiger partial charge in [0, 0.05) is 13.6 Å². The molecule has 1 atom stereocenters. The lowest BCUT2D eigenvalue weighted by Crippen LogP contribution is -2.50. The summed E-state index contributed by atoms with van der Waals surface area (Å²) in [5.74, 6) is -0.553. The van der Waals surface area contributed by atoms with Gasteiger partial charge in [-0.05, 0) is 62.2 Å². The fourth-order valence-electron chi connectivity index (χ4n) is 3.94. The van der Waals surface area contributed by atoms with E-state index in [0.29, 0.717) is 5.75 Å². The zero-order valence-corrected chi connectivity index (χ0v) is 23.6. The summed E-state index contributed by atoms with van der Waals surface area (Å²) in [6.45, 7) is 4.95. The van der Waals surface area contributed by atoms with Gasteiger partial charge in [0.15, 0.2) is 0 Å². The first-order valence-electron chi connectivity index (χ1n) is 12.0. The highest BCUT2D eigenvalue weighted by Gasteiger charge is 2.32. The lowest BCUT2D eigenvalue weighted by molar-refractivity contribution is -0.139. The van der Waals surface area contributed by atoms with Gasteiger partial charge < -0.3 is 15.0 Å². The van der Waals surface area contributed by atoms with Crippen LogP contribution in [0.15, 0.2) is 71.6 Å². The third-order valence-electron chi connectivity index (χ3n) is 6.33. The maximum absolute atomic E-state index is 13.8. The third-order valence-corrected chi connectivity index (χ3v) is 8.41. The molecule has 0 fully saturated rings. The van der Waals surface area contributed by atoms with E-state index in [-0.39, 0.29) is 28.1 Å². The fraction of sp³-hybridized carbons (Fsp3) is 0.286. The Morgan fingerprint density at radius 2 is 1.68 bits per heavy atom. The number of carbonyl (C=O) groups excluding carboxylic acids is 2. The quantitative estimate of drug-likeness (QED) is 0.400. The number of halogens is 1. The standard InChI is InChI=1S/C28H32ClN3O5S/c1-19-10-13-24(14-11-19)38(35,36)32(23-12-15-26(37-5)25(29)16-23)18-27(33)31(21(3)28(34)30-4)17-22-9-7-6-8-20(22)2/h6-16,21H,17-18H2,1-5H3,(H,30,34)/t21-/m0/s1. The molecule has 0 aliphatic carbocycles. The van der Waals surface area contributed by atoms with Gasteiger partial charge in [0.25, 0.3) is 10.0 Å². The molecule has 0 bridgehead atoms. The van der Waals surface area contributed by atoms with Gasteiger partial charge in [-0.1, -0.05) is 53.6 Å². The summed E-state index contributed by atoms with van der Waals surface area (Å²) in [7, 11) is -1.24. The molecular weight excluding hydrogens is 526 g/mol. The van der Waals surface area contributed by atoms with E-state index in [1.807, 2.05) is 38.1 Å². The average molecular weight is 558 g/mol. The second kappa shape index (κ2) is 12.3. The monoisotopic (exact) mass is 557 g/mol. The number of methoxy groups -OCH3 is 1. The smallest absolute Gasteiger partial charge is 0.264 e. The summed E-state index contributed by atoms with van der Waals surface area (Å²) in [4.78, 5) is 27.8. The predicted octanol–water partition coefficient (Wildman–Crippen LogP) is 4.32. The summed E-state index contributed by atoms with van der Waals surface area (Å²) in [6.07, 6.45) is 0. The SMILES string of the molecule is CNC(=O)[C@H](C)N(Cc1ccccc1C)C(=O)CN(c1ccc(OC)c(Cl)c1)S(=O)(=O)c1ccc(C)cc1. The van der Waals surface area contributed by atoms with Crippen molar-refractivity contribution in [1.29, 1.82) is 0 Å². The Kier molecular flexibility index (Phi) is 9.40. The van der Waals surface area contributed by atoms with Gasteiger partial charge in [-0.15, -0.1) is 0 Å². The number of nitrogens with one attached hydrogen (secondary N) is 1. The molecule has 0 unspecified atom stereocenters. The van der Waals surface area contributed by atoms with Crippen molar-refractivity contribution in [3.8, 4) is 5.75 Å². The zero-order chi connectivity index (χ0) is 28.0. The number of anilines is 1. The molecule has 3 aromatic rings. The van der Waals surface area contributed by atoms with Gasteiger partial charge in [-0.3, -0.25) is 13.9 Å². The van der Waals surface area contributed by atoms with Crippen LogP contribution in [-0.4, -0.2) is 51.9 Å². The zero-order valence-electron chi connectivity index (χ0n) is 22.1. The first kappa shape index (κ1) is 29.0. The summed E-state index contributed by atoms with van der Waals surface area (Å²) in [5.41, 5.74) is 2.87. The lowest BCUT2D eigenvalue weighted by Gasteiger charge is -2.32. The van der Waals surface area contributed by atoms with Gasteiger partial charge in [-0.25, -0.2) is 8.42 Å². The van der Waals surface area contributed by atoms with E-state index >= 15 is 0 Å². The van der Waals surface area contributed by atoms with Crippen LogP contribution in [0.3, 0.4) is 0 Å². The van der Waals surface area contributed by atoms with Gasteiger partial charge in [0.2, 0.25) is 11.8 Å². The Hall–Kier alpha value is -3.56. The molecule has 0 radical (unpaired) electrons. The van der Waals surface area contributed by atoms with Gasteiger partial charge in [-0.2, -0.15) is 0 Å². The van der Waals surface area contributed by atoms with Crippen LogP contribution in [0.4, 0.5) is 5.69 Å². The van der Waals surface area contributed by atoms with Gasteiger partial charge in [0.05, 0.1) is 22.7 Å². The first-order valence-corrected chi connectivity index (χ1v) is 13.8. The Balaban J connectivity index is 2.08. The molecule has 0 aliphatic heterocycles. The molecule has 0 saturated carbocycles. The van der Waals surface area contributed by atoms with Crippen molar-refractivity contribution in [3.63, 3.8) is 0 Å². The largest absolute Gasteiger partial charge is 0.495 e. The third kappa shape index (κ3) is 6.46. The number of carbonyl (C=O) groups is 2. The van der Waals surface area contributed by atoms with E-state index in [1.165, 1.54) is 49.4 Å². The van der Waals surface area contributed by atoms with Crippen LogP contribution in [0.25, 0.3) is 0 Å². The van der Waals surface area contributed by atoms with E-state index in [9.17, 15) is 18.0 Å².